The maximum atomic E-state index is 15.2. The van der Waals surface area contributed by atoms with Crippen molar-refractivity contribution in [1.29, 1.82) is 0 Å². The van der Waals surface area contributed by atoms with Gasteiger partial charge in [0.1, 0.15) is 90.2 Å². The predicted molar refractivity (Wildman–Crippen MR) is 444 cm³/mol. The maximum absolute atomic E-state index is 15.2. The number of hydrogen-bond acceptors (Lipinski definition) is 23. The third-order valence-electron chi connectivity index (χ3n) is 18.8. The van der Waals surface area contributed by atoms with Gasteiger partial charge < -0.3 is 117 Å². The molecule has 120 heavy (non-hydrogen) atoms. The number of phenolic OH excluding ortho intramolecular Hbond substituents is 1. The van der Waals surface area contributed by atoms with Crippen LogP contribution in [-0.4, -0.2) is 239 Å². The highest BCUT2D eigenvalue weighted by Crippen LogP contribution is 2.22. The zero-order valence-corrected chi connectivity index (χ0v) is 69.0. The first-order valence-corrected chi connectivity index (χ1v) is 40.0. The molecule has 0 bridgehead atoms. The maximum Gasteiger partial charge on any atom is 0.305 e. The Kier molecular flexibility index (Phi) is 41.3. The number of nitrogens with one attached hydrogen (secondary N) is 15. The Balaban J connectivity index is 1.36. The van der Waals surface area contributed by atoms with E-state index in [1.807, 2.05) is 0 Å². The van der Waals surface area contributed by atoms with Gasteiger partial charge in [-0.3, -0.25) is 76.7 Å². The Hall–Kier alpha value is -11.8. The number of carboxylic acid groups (broad SMARTS) is 1. The van der Waals surface area contributed by atoms with E-state index < -0.39 is 217 Å². The van der Waals surface area contributed by atoms with Gasteiger partial charge in [-0.25, -0.2) is 4.39 Å². The van der Waals surface area contributed by atoms with Crippen LogP contribution in [0.15, 0.2) is 109 Å². The Morgan fingerprint density at radius 3 is 1.64 bits per heavy atom. The molecule has 41 heteroatoms. The predicted octanol–water partition coefficient (Wildman–Crippen LogP) is -3.92. The number of halogens is 1. The number of rotatable bonds is 52. The summed E-state index contributed by atoms with van der Waals surface area (Å²) in [7, 11) is 0. The molecule has 0 aliphatic rings. The molecule has 654 valence electrons. The minimum absolute atomic E-state index is 0.0245. The molecule has 0 saturated carbocycles. The second-order valence-corrected chi connectivity index (χ2v) is 29.6. The van der Waals surface area contributed by atoms with E-state index in [1.165, 1.54) is 64.1 Å². The second-order valence-electron chi connectivity index (χ2n) is 28.9. The minimum Gasteiger partial charge on any atom is -0.508 e. The number of benzene rings is 4. The zero-order chi connectivity index (χ0) is 88.8. The number of carbonyl (C=O) groups excluding carboxylic acids is 15. The number of hydrogen-bond donors (Lipinski definition) is 23. The largest absolute Gasteiger partial charge is 0.508 e. The van der Waals surface area contributed by atoms with Crippen LogP contribution in [0.25, 0.3) is 10.9 Å². The van der Waals surface area contributed by atoms with Gasteiger partial charge in [0.05, 0.1) is 19.6 Å². The highest BCUT2D eigenvalue weighted by Gasteiger charge is 2.42. The molecular formula is C79H110FN19O19S2. The standard InChI is InChI=1S/C79H110FN19O19S2/c1-43(2)66(98-72(111)58(34-49-38-86-53-17-10-9-16-52(49)53)94-71(110)59(35-65(104)105)91-68(107)44(3)88-74(113)61(41-119)89-45(4)100)77(116)96-62(42-120)75(114)93-57(33-47-22-26-51(101)27-23-47)76(115)99-79(5,36-48-20-24-50(80)25-21-48)78(117)97-55(19-13-29-82)70(109)95-60(37-83)73(112)92-56(32-46-14-7-6-8-15-46)69(108)87-39-63(102)85-30-31-118-40-64(103)90-54(67(84)106)18-11-12-28-81/h6-10,14-17,20-27,38,43-44,54-62,66,86,101,119-120H,11-13,18-19,28-37,39-42,81-83H2,1-5H3,(H2,84,106)(H,85,102)(H,87,108)(H,88,113)(H,89,100)(H,90,103)(H,91,107)(H,92,112)(H,93,114)(H,94,110)(H,95,109)(H,96,116)(H,97,117)(H,98,111)(H,99,115)(H,104,105)/t44-,54+,55-,56-,57-,58-,59-,60-,61-,62-,66-,79-/m0/s1. The van der Waals surface area contributed by atoms with Crippen molar-refractivity contribution >= 4 is 131 Å². The summed E-state index contributed by atoms with van der Waals surface area (Å²) in [6.45, 7) is 5.24. The van der Waals surface area contributed by atoms with Crippen LogP contribution in [0.5, 0.6) is 5.75 Å². The Morgan fingerprint density at radius 1 is 0.517 bits per heavy atom. The second kappa shape index (κ2) is 50.2. The first kappa shape index (κ1) is 98.8. The summed E-state index contributed by atoms with van der Waals surface area (Å²) in [4.78, 5) is 222. The fraction of sp³-hybridized carbons (Fsp3) is 0.468. The summed E-state index contributed by atoms with van der Waals surface area (Å²) in [6, 6.07) is 9.21. The summed E-state index contributed by atoms with van der Waals surface area (Å²) in [5.74, 6) is -17.4. The molecule has 0 aliphatic carbocycles. The number of para-hydroxylation sites is 1. The van der Waals surface area contributed by atoms with E-state index in [0.717, 1.165) is 19.1 Å². The smallest absolute Gasteiger partial charge is 0.305 e. The summed E-state index contributed by atoms with van der Waals surface area (Å²) in [5, 5.41) is 56.1. The van der Waals surface area contributed by atoms with Crippen LogP contribution < -0.4 is 97.4 Å². The van der Waals surface area contributed by atoms with Gasteiger partial charge in [0.25, 0.3) is 0 Å². The van der Waals surface area contributed by atoms with E-state index >= 15 is 9.59 Å². The number of aromatic nitrogens is 1. The van der Waals surface area contributed by atoms with Crippen molar-refractivity contribution in [3.05, 3.63) is 137 Å². The first-order valence-electron chi connectivity index (χ1n) is 38.7. The number of carbonyl (C=O) groups is 16. The molecule has 5 rings (SSSR count). The van der Waals surface area contributed by atoms with Gasteiger partial charge in [-0.1, -0.05) is 86.6 Å². The number of nitrogens with two attached hydrogens (primary N) is 4. The molecule has 0 fully saturated rings. The van der Waals surface area contributed by atoms with Crippen molar-refractivity contribution in [2.45, 2.75) is 171 Å². The van der Waals surface area contributed by atoms with Gasteiger partial charge in [0.15, 0.2) is 0 Å². The molecule has 25 N–H and O–H groups in total. The molecule has 0 spiro atoms. The van der Waals surface area contributed by atoms with E-state index in [2.05, 4.69) is 105 Å². The Labute approximate surface area is 703 Å². The van der Waals surface area contributed by atoms with Crippen LogP contribution in [0.4, 0.5) is 4.39 Å². The Bertz CT molecular complexity index is 4340. The fourth-order valence-corrected chi connectivity index (χ4v) is 12.7. The lowest BCUT2D eigenvalue weighted by atomic mass is 9.90. The normalized spacial score (nSPS) is 14.4. The lowest BCUT2D eigenvalue weighted by molar-refractivity contribution is -0.141. The lowest BCUT2D eigenvalue weighted by Gasteiger charge is -2.34. The van der Waals surface area contributed by atoms with Crippen molar-refractivity contribution in [2.24, 2.45) is 28.9 Å². The van der Waals surface area contributed by atoms with Crippen molar-refractivity contribution in [1.82, 2.24) is 79.4 Å². The van der Waals surface area contributed by atoms with Crippen LogP contribution in [0.2, 0.25) is 0 Å². The molecule has 0 saturated heterocycles. The molecule has 5 aromatic rings. The molecule has 1 heterocycles. The summed E-state index contributed by atoms with van der Waals surface area (Å²) < 4.78 is 19.9. The van der Waals surface area contributed by atoms with Gasteiger partial charge in [-0.05, 0) is 118 Å². The van der Waals surface area contributed by atoms with Crippen LogP contribution in [0, 0.1) is 11.7 Å². The van der Waals surface area contributed by atoms with E-state index in [1.54, 1.807) is 60.8 Å². The van der Waals surface area contributed by atoms with Crippen molar-refractivity contribution in [3.8, 4) is 5.75 Å². The average molecular weight is 1710 g/mol. The van der Waals surface area contributed by atoms with Crippen molar-refractivity contribution in [3.63, 3.8) is 0 Å². The fourth-order valence-electron chi connectivity index (χ4n) is 12.2. The highest BCUT2D eigenvalue weighted by atomic mass is 32.1. The zero-order valence-electron chi connectivity index (χ0n) is 67.2. The van der Waals surface area contributed by atoms with Crippen LogP contribution in [0.3, 0.4) is 0 Å². The number of aromatic amines is 1. The third-order valence-corrected chi connectivity index (χ3v) is 19.5. The van der Waals surface area contributed by atoms with E-state index in [9.17, 15) is 81.7 Å². The number of primary amides is 1. The molecule has 12 atom stereocenters. The summed E-state index contributed by atoms with van der Waals surface area (Å²) >= 11 is 8.45. The lowest BCUT2D eigenvalue weighted by Crippen LogP contribution is -2.65. The molecule has 4 aromatic carbocycles. The SMILES string of the molecule is CC(=O)N[C@@H](CS)C(=O)N[C@@H](C)C(=O)N[C@@H](CC(=O)O)C(=O)N[C@@H](Cc1c[nH]c2ccccc12)C(=O)N[C@H](C(=O)N[C@@H](CS)C(=O)N[C@@H](Cc1ccc(O)cc1)C(=O)N[C@@](C)(Cc1ccc(F)cc1)C(=O)N[C@@H](CCCN)C(=O)N[C@@H](CN)C(=O)N[C@@H](Cc1ccccc1)C(=O)NCC(=O)NCCOCC(=O)N[C@H](CCCCN)C(N)=O)C(C)C. The van der Waals surface area contributed by atoms with Gasteiger partial charge in [-0.15, -0.1) is 0 Å². The number of phenols is 1. The highest BCUT2D eigenvalue weighted by molar-refractivity contribution is 7.80. The summed E-state index contributed by atoms with van der Waals surface area (Å²) in [6.07, 6.45) is 0.652. The molecule has 1 aromatic heterocycles. The molecule has 38 nitrogen and oxygen atoms in total. The molecular weight excluding hydrogens is 1600 g/mol. The van der Waals surface area contributed by atoms with Crippen molar-refractivity contribution < 1.29 is 96.1 Å². The van der Waals surface area contributed by atoms with E-state index in [0.29, 0.717) is 47.0 Å². The quantitative estimate of drug-likeness (QED) is 0.0131. The number of ether oxygens (including phenoxy) is 1. The topological polar surface area (TPSA) is 611 Å². The molecule has 0 unspecified atom stereocenters. The number of aromatic hydroxyl groups is 1. The number of H-pyrrole nitrogens is 1. The van der Waals surface area contributed by atoms with Gasteiger partial charge >= 0.3 is 5.97 Å². The number of carboxylic acids is 1. The van der Waals surface area contributed by atoms with Crippen molar-refractivity contribution in [2.75, 3.05) is 57.4 Å². The van der Waals surface area contributed by atoms with E-state index in [4.69, 9.17) is 27.7 Å². The van der Waals surface area contributed by atoms with Gasteiger partial charge in [0, 0.05) is 74.3 Å². The van der Waals surface area contributed by atoms with Crippen LogP contribution in [0.1, 0.15) is 95.4 Å². The average Bonchev–Trinajstić information content (AvgIpc) is 0.854. The van der Waals surface area contributed by atoms with Gasteiger partial charge in [0.2, 0.25) is 88.6 Å². The Morgan fingerprint density at radius 2 is 1.04 bits per heavy atom. The number of aliphatic carboxylic acids is 1. The van der Waals surface area contributed by atoms with Gasteiger partial charge in [-0.2, -0.15) is 25.3 Å². The summed E-state index contributed by atoms with van der Waals surface area (Å²) in [5.41, 5.74) is 23.1. The van der Waals surface area contributed by atoms with E-state index in [-0.39, 0.29) is 75.3 Å². The molecule has 15 amide bonds. The number of thiol groups is 2. The number of fused-ring (bicyclic) bond motifs is 1. The van der Waals surface area contributed by atoms with Crippen LogP contribution in [-0.2, 0) is 107 Å². The number of unbranched alkanes of at least 4 members (excludes halogenated alkanes) is 1. The monoisotopic (exact) mass is 1710 g/mol. The number of amides is 15. The van der Waals surface area contributed by atoms with Crippen LogP contribution >= 0.6 is 25.3 Å². The molecule has 0 radical (unpaired) electrons. The third kappa shape index (κ3) is 33.2. The minimum atomic E-state index is -2.15. The first-order chi connectivity index (χ1) is 57.0. The molecule has 0 aliphatic heterocycles.